The van der Waals surface area contributed by atoms with Crippen molar-refractivity contribution in [3.8, 4) is 11.3 Å². The number of carbonyl (C=O) groups excluding carboxylic acids is 2. The van der Waals surface area contributed by atoms with E-state index in [1.165, 1.54) is 23.3 Å². The van der Waals surface area contributed by atoms with E-state index in [0.717, 1.165) is 59.0 Å². The summed E-state index contributed by atoms with van der Waals surface area (Å²) in [7, 11) is 1.39. The van der Waals surface area contributed by atoms with E-state index >= 15 is 0 Å². The number of carbonyl (C=O) groups is 2. The molecule has 2 heterocycles. The van der Waals surface area contributed by atoms with Crippen LogP contribution in [0.2, 0.25) is 0 Å². The molecular weight excluding hydrogens is 456 g/mol. The van der Waals surface area contributed by atoms with E-state index in [-0.39, 0.29) is 5.91 Å². The molecule has 0 aliphatic heterocycles. The third-order valence-electron chi connectivity index (χ3n) is 6.94. The summed E-state index contributed by atoms with van der Waals surface area (Å²) in [6.45, 7) is 4.24. The van der Waals surface area contributed by atoms with E-state index in [0.29, 0.717) is 22.0 Å². The molecule has 1 amide bonds. The molecule has 0 unspecified atom stereocenters. The van der Waals surface area contributed by atoms with E-state index < -0.39 is 5.97 Å². The van der Waals surface area contributed by atoms with Crippen molar-refractivity contribution < 1.29 is 14.3 Å². The van der Waals surface area contributed by atoms with Crippen LogP contribution >= 0.6 is 11.3 Å². The van der Waals surface area contributed by atoms with Gasteiger partial charge in [0.1, 0.15) is 5.00 Å². The second kappa shape index (κ2) is 9.62. The molecule has 5 rings (SSSR count). The number of hydrogen-bond acceptors (Lipinski definition) is 5. The third kappa shape index (κ3) is 4.34. The molecule has 0 fully saturated rings. The minimum absolute atomic E-state index is 0.255. The van der Waals surface area contributed by atoms with Gasteiger partial charge in [0, 0.05) is 15.8 Å². The molecule has 6 heteroatoms. The zero-order valence-corrected chi connectivity index (χ0v) is 21.0. The number of nitrogens with one attached hydrogen (secondary N) is 1. The van der Waals surface area contributed by atoms with Crippen LogP contribution < -0.4 is 5.32 Å². The van der Waals surface area contributed by atoms with Crippen molar-refractivity contribution in [3.63, 3.8) is 0 Å². The maximum Gasteiger partial charge on any atom is 0.341 e. The molecule has 1 atom stereocenters. The first-order valence-corrected chi connectivity index (χ1v) is 12.8. The van der Waals surface area contributed by atoms with Gasteiger partial charge in [-0.25, -0.2) is 9.78 Å². The minimum Gasteiger partial charge on any atom is -0.465 e. The lowest BCUT2D eigenvalue weighted by Gasteiger charge is -2.20. The molecule has 0 radical (unpaired) electrons. The molecule has 0 bridgehead atoms. The van der Waals surface area contributed by atoms with Crippen molar-refractivity contribution >= 4 is 39.1 Å². The van der Waals surface area contributed by atoms with Gasteiger partial charge in [-0.3, -0.25) is 4.79 Å². The van der Waals surface area contributed by atoms with Crippen molar-refractivity contribution in [2.75, 3.05) is 12.4 Å². The standard InChI is InChI=1S/C29H28N2O3S/c1-4-18-13-14-21-25(15-18)35-28(26(21)29(33)34-3)31-27(32)22-16-24(19-10-6-5-9-17(19)2)30-23-12-8-7-11-20(22)23/h5-12,16,18H,4,13-15H2,1-3H3,(H,31,32)/t18-/m0/s1. The number of methoxy groups -OCH3 is 1. The summed E-state index contributed by atoms with van der Waals surface area (Å²) in [5, 5.41) is 4.41. The Bertz CT molecular complexity index is 1440. The average molecular weight is 485 g/mol. The molecule has 0 saturated heterocycles. The SMILES string of the molecule is CC[C@H]1CCc2c(sc(NC(=O)c3cc(-c4ccccc4C)nc4ccccc34)c2C(=O)OC)C1. The number of amides is 1. The average Bonchev–Trinajstić information content (AvgIpc) is 3.24. The van der Waals surface area contributed by atoms with Gasteiger partial charge in [0.25, 0.3) is 5.91 Å². The fourth-order valence-corrected chi connectivity index (χ4v) is 6.29. The van der Waals surface area contributed by atoms with Gasteiger partial charge in [-0.05, 0) is 55.4 Å². The molecule has 0 spiro atoms. The fourth-order valence-electron chi connectivity index (χ4n) is 4.94. The van der Waals surface area contributed by atoms with Crippen LogP contribution in [0.15, 0.2) is 54.6 Å². The number of nitrogens with zero attached hydrogens (tertiary/aromatic N) is 1. The van der Waals surface area contributed by atoms with Crippen molar-refractivity contribution in [3.05, 3.63) is 81.7 Å². The molecule has 4 aromatic rings. The molecule has 0 saturated carbocycles. The van der Waals surface area contributed by atoms with Crippen molar-refractivity contribution in [1.82, 2.24) is 4.98 Å². The number of aromatic nitrogens is 1. The van der Waals surface area contributed by atoms with Gasteiger partial charge in [-0.1, -0.05) is 55.8 Å². The number of hydrogen-bond donors (Lipinski definition) is 1. The molecule has 178 valence electrons. The number of aryl methyl sites for hydroxylation is 1. The summed E-state index contributed by atoms with van der Waals surface area (Å²) in [6, 6.07) is 17.5. The number of esters is 1. The molecule has 1 aliphatic rings. The lowest BCUT2D eigenvalue weighted by molar-refractivity contribution is 0.0601. The first-order valence-electron chi connectivity index (χ1n) is 12.0. The van der Waals surface area contributed by atoms with E-state index in [2.05, 4.69) is 12.2 Å². The molecular formula is C29H28N2O3S. The van der Waals surface area contributed by atoms with E-state index in [1.54, 1.807) is 0 Å². The lowest BCUT2D eigenvalue weighted by atomic mass is 9.85. The number of pyridine rings is 1. The zero-order chi connectivity index (χ0) is 24.5. The van der Waals surface area contributed by atoms with Crippen LogP contribution in [0, 0.1) is 12.8 Å². The van der Waals surface area contributed by atoms with Gasteiger partial charge < -0.3 is 10.1 Å². The van der Waals surface area contributed by atoms with Gasteiger partial charge >= 0.3 is 5.97 Å². The lowest BCUT2D eigenvalue weighted by Crippen LogP contribution is -2.17. The number of fused-ring (bicyclic) bond motifs is 2. The Morgan fingerprint density at radius 1 is 1.14 bits per heavy atom. The van der Waals surface area contributed by atoms with Gasteiger partial charge in [0.2, 0.25) is 0 Å². The van der Waals surface area contributed by atoms with Crippen LogP contribution in [0.3, 0.4) is 0 Å². The normalized spacial score (nSPS) is 15.0. The Balaban J connectivity index is 1.59. The van der Waals surface area contributed by atoms with Crippen molar-refractivity contribution in [2.24, 2.45) is 5.92 Å². The van der Waals surface area contributed by atoms with Gasteiger partial charge in [0.05, 0.1) is 29.4 Å². The van der Waals surface area contributed by atoms with Crippen LogP contribution in [0.25, 0.3) is 22.2 Å². The van der Waals surface area contributed by atoms with E-state index in [1.807, 2.05) is 61.5 Å². The summed E-state index contributed by atoms with van der Waals surface area (Å²) in [5.74, 6) is -0.0434. The number of para-hydroxylation sites is 1. The largest absolute Gasteiger partial charge is 0.465 e. The second-order valence-electron chi connectivity index (χ2n) is 9.06. The Labute approximate surface area is 209 Å². The minimum atomic E-state index is -0.395. The first-order chi connectivity index (χ1) is 17.0. The van der Waals surface area contributed by atoms with Gasteiger partial charge in [0.15, 0.2) is 0 Å². The van der Waals surface area contributed by atoms with Gasteiger partial charge in [-0.2, -0.15) is 0 Å². The van der Waals surface area contributed by atoms with E-state index in [4.69, 9.17) is 9.72 Å². The summed E-state index contributed by atoms with van der Waals surface area (Å²) >= 11 is 1.51. The van der Waals surface area contributed by atoms with Crippen LogP contribution in [0.1, 0.15) is 56.5 Å². The van der Waals surface area contributed by atoms with Crippen LogP contribution in [-0.4, -0.2) is 24.0 Å². The second-order valence-corrected chi connectivity index (χ2v) is 10.2. The topological polar surface area (TPSA) is 68.3 Å². The zero-order valence-electron chi connectivity index (χ0n) is 20.2. The molecule has 5 nitrogen and oxygen atoms in total. The highest BCUT2D eigenvalue weighted by Gasteiger charge is 2.30. The maximum absolute atomic E-state index is 13.7. The van der Waals surface area contributed by atoms with Crippen LogP contribution in [0.5, 0.6) is 0 Å². The number of rotatable bonds is 5. The smallest absolute Gasteiger partial charge is 0.341 e. The summed E-state index contributed by atoms with van der Waals surface area (Å²) in [6.07, 6.45) is 3.93. The first kappa shape index (κ1) is 23.2. The summed E-state index contributed by atoms with van der Waals surface area (Å²) in [5.41, 5.74) is 5.64. The Morgan fingerprint density at radius 2 is 1.91 bits per heavy atom. The highest BCUT2D eigenvalue weighted by molar-refractivity contribution is 7.17. The van der Waals surface area contributed by atoms with Gasteiger partial charge in [-0.15, -0.1) is 11.3 Å². The molecule has 1 aliphatic carbocycles. The maximum atomic E-state index is 13.7. The number of anilines is 1. The van der Waals surface area contributed by atoms with E-state index in [9.17, 15) is 9.59 Å². The summed E-state index contributed by atoms with van der Waals surface area (Å²) < 4.78 is 5.11. The molecule has 35 heavy (non-hydrogen) atoms. The molecule has 2 aromatic carbocycles. The third-order valence-corrected chi connectivity index (χ3v) is 8.11. The van der Waals surface area contributed by atoms with Crippen molar-refractivity contribution in [1.29, 1.82) is 0 Å². The Kier molecular flexibility index (Phi) is 6.39. The Morgan fingerprint density at radius 3 is 2.69 bits per heavy atom. The monoisotopic (exact) mass is 484 g/mol. The van der Waals surface area contributed by atoms with Crippen molar-refractivity contribution in [2.45, 2.75) is 39.5 Å². The predicted octanol–water partition coefficient (Wildman–Crippen LogP) is 6.83. The Hall–Kier alpha value is -3.51. The fraction of sp³-hybridized carbons (Fsp3) is 0.276. The molecule has 2 aromatic heterocycles. The molecule has 1 N–H and O–H groups in total. The highest BCUT2D eigenvalue weighted by Crippen LogP contribution is 2.41. The predicted molar refractivity (Wildman–Crippen MR) is 141 cm³/mol. The number of ether oxygens (including phenoxy) is 1. The van der Waals surface area contributed by atoms with Crippen LogP contribution in [-0.2, 0) is 17.6 Å². The van der Waals surface area contributed by atoms with Crippen LogP contribution in [0.4, 0.5) is 5.00 Å². The number of benzene rings is 2. The highest BCUT2D eigenvalue weighted by atomic mass is 32.1. The number of thiophene rings is 1. The quantitative estimate of drug-likeness (QED) is 0.315. The summed E-state index contributed by atoms with van der Waals surface area (Å²) in [4.78, 5) is 32.5.